The van der Waals surface area contributed by atoms with Crippen LogP contribution in [0.1, 0.15) is 30.2 Å². The van der Waals surface area contributed by atoms with Crippen LogP contribution in [0.4, 0.5) is 0 Å². The first-order valence-corrected chi connectivity index (χ1v) is 5.48. The minimum absolute atomic E-state index is 0.132. The summed E-state index contributed by atoms with van der Waals surface area (Å²) in [6, 6.07) is 7.52. The van der Waals surface area contributed by atoms with Gasteiger partial charge >= 0.3 is 0 Å². The SMILES string of the molecule is CC(N)c1cnc(Cc2ccccc2Cl)o1. The Morgan fingerprint density at radius 3 is 2.81 bits per heavy atom. The molecule has 1 aromatic carbocycles. The Kier molecular flexibility index (Phi) is 3.27. The molecule has 84 valence electrons. The minimum atomic E-state index is -0.132. The number of nitrogens with zero attached hydrogens (tertiary/aromatic N) is 1. The monoisotopic (exact) mass is 236 g/mol. The number of oxazole rings is 1. The highest BCUT2D eigenvalue weighted by atomic mass is 35.5. The molecule has 0 fully saturated rings. The maximum Gasteiger partial charge on any atom is 0.198 e. The maximum absolute atomic E-state index is 6.05. The van der Waals surface area contributed by atoms with Crippen LogP contribution in [-0.4, -0.2) is 4.98 Å². The summed E-state index contributed by atoms with van der Waals surface area (Å²) in [5.41, 5.74) is 6.69. The molecular weight excluding hydrogens is 224 g/mol. The van der Waals surface area contributed by atoms with E-state index in [4.69, 9.17) is 21.8 Å². The van der Waals surface area contributed by atoms with Gasteiger partial charge in [0, 0.05) is 5.02 Å². The largest absolute Gasteiger partial charge is 0.444 e. The van der Waals surface area contributed by atoms with Crippen molar-refractivity contribution in [1.82, 2.24) is 4.98 Å². The normalized spacial score (nSPS) is 12.7. The summed E-state index contributed by atoms with van der Waals surface area (Å²) in [7, 11) is 0. The fraction of sp³-hybridized carbons (Fsp3) is 0.250. The van der Waals surface area contributed by atoms with Crippen molar-refractivity contribution in [1.29, 1.82) is 0 Å². The Bertz CT molecular complexity index is 479. The van der Waals surface area contributed by atoms with Gasteiger partial charge < -0.3 is 10.2 Å². The zero-order chi connectivity index (χ0) is 11.5. The lowest BCUT2D eigenvalue weighted by molar-refractivity contribution is 0.442. The maximum atomic E-state index is 6.05. The minimum Gasteiger partial charge on any atom is -0.444 e. The third kappa shape index (κ3) is 2.43. The lowest BCUT2D eigenvalue weighted by Crippen LogP contribution is -2.02. The van der Waals surface area contributed by atoms with Gasteiger partial charge in [0.05, 0.1) is 18.7 Å². The predicted octanol–water partition coefficient (Wildman–Crippen LogP) is 2.94. The van der Waals surface area contributed by atoms with Crippen LogP contribution in [0.15, 0.2) is 34.9 Å². The van der Waals surface area contributed by atoms with E-state index in [0.717, 1.165) is 10.6 Å². The number of nitrogens with two attached hydrogens (primary N) is 1. The summed E-state index contributed by atoms with van der Waals surface area (Å²) in [6.07, 6.45) is 2.25. The molecule has 0 aliphatic carbocycles. The van der Waals surface area contributed by atoms with Crippen molar-refractivity contribution in [3.63, 3.8) is 0 Å². The summed E-state index contributed by atoms with van der Waals surface area (Å²) >= 11 is 6.05. The van der Waals surface area contributed by atoms with Crippen molar-refractivity contribution in [3.05, 3.63) is 52.7 Å². The van der Waals surface area contributed by atoms with Crippen LogP contribution in [0.3, 0.4) is 0 Å². The molecule has 3 nitrogen and oxygen atoms in total. The number of rotatable bonds is 3. The molecule has 0 bridgehead atoms. The molecule has 2 N–H and O–H groups in total. The van der Waals surface area contributed by atoms with Gasteiger partial charge in [-0.15, -0.1) is 0 Å². The van der Waals surface area contributed by atoms with Crippen LogP contribution in [0, 0.1) is 0 Å². The molecule has 1 heterocycles. The summed E-state index contributed by atoms with van der Waals surface area (Å²) in [6.45, 7) is 1.86. The number of benzene rings is 1. The van der Waals surface area contributed by atoms with Gasteiger partial charge in [0.25, 0.3) is 0 Å². The van der Waals surface area contributed by atoms with E-state index in [9.17, 15) is 0 Å². The second-order valence-corrected chi connectivity index (χ2v) is 4.12. The molecule has 0 aliphatic rings. The summed E-state index contributed by atoms with van der Waals surface area (Å²) in [5.74, 6) is 1.34. The van der Waals surface area contributed by atoms with Crippen molar-refractivity contribution in [2.24, 2.45) is 5.73 Å². The van der Waals surface area contributed by atoms with Gasteiger partial charge in [0.15, 0.2) is 5.89 Å². The topological polar surface area (TPSA) is 52.0 Å². The Morgan fingerprint density at radius 1 is 1.44 bits per heavy atom. The van der Waals surface area contributed by atoms with Gasteiger partial charge in [0.1, 0.15) is 5.76 Å². The molecule has 2 aromatic rings. The predicted molar refractivity (Wildman–Crippen MR) is 63.4 cm³/mol. The zero-order valence-electron chi connectivity index (χ0n) is 8.98. The van der Waals surface area contributed by atoms with Crippen molar-refractivity contribution >= 4 is 11.6 Å². The van der Waals surface area contributed by atoms with Crippen LogP contribution in [-0.2, 0) is 6.42 Å². The summed E-state index contributed by atoms with van der Waals surface area (Å²) in [4.78, 5) is 4.17. The third-order valence-corrected chi connectivity index (χ3v) is 2.69. The lowest BCUT2D eigenvalue weighted by Gasteiger charge is -2.01. The van der Waals surface area contributed by atoms with Crippen LogP contribution in [0.5, 0.6) is 0 Å². The van der Waals surface area contributed by atoms with Crippen LogP contribution >= 0.6 is 11.6 Å². The molecule has 0 radical (unpaired) electrons. The van der Waals surface area contributed by atoms with E-state index in [1.54, 1.807) is 6.20 Å². The van der Waals surface area contributed by atoms with Gasteiger partial charge in [-0.05, 0) is 18.6 Å². The Balaban J connectivity index is 2.18. The van der Waals surface area contributed by atoms with Gasteiger partial charge in [-0.3, -0.25) is 0 Å². The van der Waals surface area contributed by atoms with Crippen molar-refractivity contribution < 1.29 is 4.42 Å². The third-order valence-electron chi connectivity index (χ3n) is 2.32. The molecule has 1 unspecified atom stereocenters. The average Bonchev–Trinajstić information content (AvgIpc) is 2.70. The van der Waals surface area contributed by atoms with Gasteiger partial charge in [-0.25, -0.2) is 4.98 Å². The quantitative estimate of drug-likeness (QED) is 0.892. The Hall–Kier alpha value is -1.32. The average molecular weight is 237 g/mol. The second kappa shape index (κ2) is 4.68. The fourth-order valence-electron chi connectivity index (χ4n) is 1.42. The van der Waals surface area contributed by atoms with E-state index in [2.05, 4.69) is 4.98 Å². The molecule has 2 rings (SSSR count). The molecule has 0 amide bonds. The van der Waals surface area contributed by atoms with E-state index in [0.29, 0.717) is 18.1 Å². The van der Waals surface area contributed by atoms with Crippen LogP contribution in [0.25, 0.3) is 0 Å². The van der Waals surface area contributed by atoms with Gasteiger partial charge in [0.2, 0.25) is 0 Å². The standard InChI is InChI=1S/C12H13ClN2O/c1-8(14)11-7-15-12(16-11)6-9-4-2-3-5-10(9)13/h2-5,7-8H,6,14H2,1H3. The molecule has 1 aromatic heterocycles. The van der Waals surface area contributed by atoms with Gasteiger partial charge in [-0.1, -0.05) is 29.8 Å². The summed E-state index contributed by atoms with van der Waals surface area (Å²) < 4.78 is 5.51. The highest BCUT2D eigenvalue weighted by Gasteiger charge is 2.09. The van der Waals surface area contributed by atoms with Gasteiger partial charge in [-0.2, -0.15) is 0 Å². The number of halogens is 1. The smallest absolute Gasteiger partial charge is 0.198 e. The van der Waals surface area contributed by atoms with E-state index < -0.39 is 0 Å². The second-order valence-electron chi connectivity index (χ2n) is 3.71. The first-order valence-electron chi connectivity index (χ1n) is 5.10. The van der Waals surface area contributed by atoms with Crippen molar-refractivity contribution in [2.45, 2.75) is 19.4 Å². The van der Waals surface area contributed by atoms with E-state index in [1.807, 2.05) is 31.2 Å². The first-order chi connectivity index (χ1) is 7.66. The van der Waals surface area contributed by atoms with E-state index >= 15 is 0 Å². The number of aromatic nitrogens is 1. The molecular formula is C12H13ClN2O. The Labute approximate surface area is 99.2 Å². The van der Waals surface area contributed by atoms with E-state index in [-0.39, 0.29) is 6.04 Å². The number of hydrogen-bond acceptors (Lipinski definition) is 3. The fourth-order valence-corrected chi connectivity index (χ4v) is 1.62. The Morgan fingerprint density at radius 2 is 2.19 bits per heavy atom. The molecule has 1 atom stereocenters. The summed E-state index contributed by atoms with van der Waals surface area (Å²) in [5, 5.41) is 0.725. The highest BCUT2D eigenvalue weighted by Crippen LogP contribution is 2.19. The molecule has 16 heavy (non-hydrogen) atoms. The van der Waals surface area contributed by atoms with Crippen LogP contribution < -0.4 is 5.73 Å². The van der Waals surface area contributed by atoms with Crippen molar-refractivity contribution in [2.75, 3.05) is 0 Å². The van der Waals surface area contributed by atoms with Crippen LogP contribution in [0.2, 0.25) is 5.02 Å². The molecule has 0 saturated carbocycles. The highest BCUT2D eigenvalue weighted by molar-refractivity contribution is 6.31. The molecule has 4 heteroatoms. The zero-order valence-corrected chi connectivity index (χ0v) is 9.74. The molecule has 0 aliphatic heterocycles. The van der Waals surface area contributed by atoms with Crippen molar-refractivity contribution in [3.8, 4) is 0 Å². The molecule has 0 saturated heterocycles. The first kappa shape index (κ1) is 11.2. The number of hydrogen-bond donors (Lipinski definition) is 1. The lowest BCUT2D eigenvalue weighted by atomic mass is 10.1. The molecule has 0 spiro atoms. The van der Waals surface area contributed by atoms with E-state index in [1.165, 1.54) is 0 Å².